The zero-order valence-electron chi connectivity index (χ0n) is 22.7. The summed E-state index contributed by atoms with van der Waals surface area (Å²) in [4.78, 5) is 37.3. The van der Waals surface area contributed by atoms with Crippen LogP contribution < -0.4 is 4.90 Å². The quantitative estimate of drug-likeness (QED) is 0.263. The fraction of sp³-hybridized carbons (Fsp3) is 0.387. The van der Waals surface area contributed by atoms with Gasteiger partial charge in [0.2, 0.25) is 0 Å². The Balaban J connectivity index is 0.000000244. The van der Waals surface area contributed by atoms with Crippen molar-refractivity contribution in [2.24, 2.45) is 4.99 Å². The van der Waals surface area contributed by atoms with Crippen molar-refractivity contribution in [2.75, 3.05) is 37.7 Å². The number of aliphatic imine (C=N–C) groups is 1. The number of rotatable bonds is 4. The number of carbonyl (C=O) groups excluding carboxylic acids is 2. The molecule has 6 rings (SSSR count). The topological polar surface area (TPSA) is 78.0 Å². The van der Waals surface area contributed by atoms with Crippen molar-refractivity contribution in [1.29, 1.82) is 0 Å². The number of H-pyrrole nitrogens is 1. The fourth-order valence-electron chi connectivity index (χ4n) is 5.50. The third-order valence-corrected chi connectivity index (χ3v) is 7.93. The molecule has 7 nitrogen and oxygen atoms in total. The second kappa shape index (κ2) is 12.9. The molecular weight excluding hydrogens is 547 g/mol. The van der Waals surface area contributed by atoms with Gasteiger partial charge in [-0.3, -0.25) is 9.79 Å². The van der Waals surface area contributed by atoms with Gasteiger partial charge < -0.3 is 19.5 Å². The number of halogens is 2. The molecule has 40 heavy (non-hydrogen) atoms. The van der Waals surface area contributed by atoms with Gasteiger partial charge in [0.05, 0.1) is 17.5 Å². The number of esters is 1. The lowest BCUT2D eigenvalue weighted by molar-refractivity contribution is -0.114. The molecule has 0 bridgehead atoms. The van der Waals surface area contributed by atoms with Crippen LogP contribution in [0.2, 0.25) is 10.0 Å². The van der Waals surface area contributed by atoms with Crippen LogP contribution in [0.4, 0.5) is 5.69 Å². The Morgan fingerprint density at radius 3 is 2.65 bits per heavy atom. The van der Waals surface area contributed by atoms with Crippen molar-refractivity contribution in [3.8, 4) is 0 Å². The van der Waals surface area contributed by atoms with Crippen LogP contribution in [0.1, 0.15) is 61.5 Å². The highest BCUT2D eigenvalue weighted by Gasteiger charge is 2.29. The number of benzene rings is 2. The van der Waals surface area contributed by atoms with E-state index in [2.05, 4.69) is 14.9 Å². The minimum absolute atomic E-state index is 0.0922. The third-order valence-electron chi connectivity index (χ3n) is 7.42. The molecular formula is C31H34Cl2N4O3. The van der Waals surface area contributed by atoms with E-state index in [1.54, 1.807) is 30.0 Å². The summed E-state index contributed by atoms with van der Waals surface area (Å²) in [5, 5.41) is 1.49. The van der Waals surface area contributed by atoms with Crippen LogP contribution in [0.15, 0.2) is 53.0 Å². The van der Waals surface area contributed by atoms with Crippen molar-refractivity contribution in [2.45, 2.75) is 45.4 Å². The van der Waals surface area contributed by atoms with Crippen molar-refractivity contribution >= 4 is 63.6 Å². The largest absolute Gasteiger partial charge is 0.461 e. The summed E-state index contributed by atoms with van der Waals surface area (Å²) >= 11 is 12.5. The molecule has 1 amide bonds. The Hall–Kier alpha value is -3.29. The van der Waals surface area contributed by atoms with Crippen molar-refractivity contribution in [3.05, 3.63) is 69.3 Å². The standard InChI is InChI=1S/C22H18Cl2N2O3.C9H16N2/c1-2-29-22(28)20-16(19-17(24)11-14(23)12-18(19)25-20)10-13-8-9-26(21(13)27)15-6-4-3-5-7-15;1-2-5-9-10-6-4-8-11(9)7-3-1/h3-7,10-12,25H,2,8-9H2,1H3;1-8H2/b13-10+;. The van der Waals surface area contributed by atoms with E-state index < -0.39 is 5.97 Å². The maximum Gasteiger partial charge on any atom is 0.355 e. The first-order valence-electron chi connectivity index (χ1n) is 14.0. The summed E-state index contributed by atoms with van der Waals surface area (Å²) in [6.07, 6.45) is 8.93. The van der Waals surface area contributed by atoms with Gasteiger partial charge in [0, 0.05) is 65.3 Å². The van der Waals surface area contributed by atoms with E-state index in [-0.39, 0.29) is 18.2 Å². The predicted octanol–water partition coefficient (Wildman–Crippen LogP) is 7.14. The van der Waals surface area contributed by atoms with Gasteiger partial charge in [0.25, 0.3) is 5.91 Å². The molecule has 0 unspecified atom stereocenters. The van der Waals surface area contributed by atoms with Gasteiger partial charge in [-0.1, -0.05) is 47.8 Å². The fourth-order valence-corrected chi connectivity index (χ4v) is 6.09. The molecule has 0 saturated carbocycles. The maximum absolute atomic E-state index is 13.0. The second-order valence-corrected chi connectivity index (χ2v) is 10.9. The molecule has 0 radical (unpaired) electrons. The Morgan fingerprint density at radius 2 is 1.85 bits per heavy atom. The molecule has 2 saturated heterocycles. The highest BCUT2D eigenvalue weighted by atomic mass is 35.5. The van der Waals surface area contributed by atoms with Gasteiger partial charge in [0.15, 0.2) is 0 Å². The van der Waals surface area contributed by atoms with Crippen LogP contribution in [0.25, 0.3) is 17.0 Å². The first kappa shape index (κ1) is 28.2. The van der Waals surface area contributed by atoms with Crippen LogP contribution in [-0.2, 0) is 9.53 Å². The number of carbonyl (C=O) groups is 2. The van der Waals surface area contributed by atoms with E-state index in [9.17, 15) is 9.59 Å². The highest BCUT2D eigenvalue weighted by molar-refractivity contribution is 6.39. The van der Waals surface area contributed by atoms with E-state index in [4.69, 9.17) is 27.9 Å². The smallest absolute Gasteiger partial charge is 0.355 e. The molecule has 3 aliphatic rings. The molecule has 4 heterocycles. The molecule has 3 aliphatic heterocycles. The lowest BCUT2D eigenvalue weighted by atomic mass is 10.1. The number of hydrogen-bond donors (Lipinski definition) is 1. The lowest BCUT2D eigenvalue weighted by Gasteiger charge is -2.27. The molecule has 0 atom stereocenters. The monoisotopic (exact) mass is 580 g/mol. The molecule has 9 heteroatoms. The van der Waals surface area contributed by atoms with Crippen molar-refractivity contribution in [3.63, 3.8) is 0 Å². The number of anilines is 1. The molecule has 2 fully saturated rings. The molecule has 210 valence electrons. The van der Waals surface area contributed by atoms with Crippen LogP contribution in [0.3, 0.4) is 0 Å². The van der Waals surface area contributed by atoms with Gasteiger partial charge in [-0.25, -0.2) is 4.79 Å². The molecule has 0 aliphatic carbocycles. The van der Waals surface area contributed by atoms with Crippen LogP contribution >= 0.6 is 23.2 Å². The van der Waals surface area contributed by atoms with Crippen LogP contribution in [-0.4, -0.2) is 60.4 Å². The Labute approximate surface area is 244 Å². The van der Waals surface area contributed by atoms with Gasteiger partial charge in [-0.15, -0.1) is 0 Å². The number of aromatic nitrogens is 1. The minimum atomic E-state index is -0.506. The van der Waals surface area contributed by atoms with E-state index >= 15 is 0 Å². The number of amidine groups is 1. The van der Waals surface area contributed by atoms with Gasteiger partial charge in [-0.05, 0) is 62.9 Å². The van der Waals surface area contributed by atoms with E-state index in [0.29, 0.717) is 45.1 Å². The predicted molar refractivity (Wildman–Crippen MR) is 163 cm³/mol. The maximum atomic E-state index is 13.0. The van der Waals surface area contributed by atoms with E-state index in [0.717, 1.165) is 12.2 Å². The number of nitrogens with zero attached hydrogens (tertiary/aromatic N) is 3. The first-order valence-corrected chi connectivity index (χ1v) is 14.8. The van der Waals surface area contributed by atoms with Crippen LogP contribution in [0, 0.1) is 0 Å². The number of nitrogens with one attached hydrogen (secondary N) is 1. The molecule has 1 N–H and O–H groups in total. The van der Waals surface area contributed by atoms with Crippen LogP contribution in [0.5, 0.6) is 0 Å². The summed E-state index contributed by atoms with van der Waals surface area (Å²) in [7, 11) is 0. The zero-order chi connectivity index (χ0) is 28.1. The third kappa shape index (κ3) is 6.21. The normalized spacial score (nSPS) is 18.2. The lowest BCUT2D eigenvalue weighted by Crippen LogP contribution is -2.34. The summed E-state index contributed by atoms with van der Waals surface area (Å²) in [5.41, 5.74) is 2.85. The van der Waals surface area contributed by atoms with Gasteiger partial charge in [-0.2, -0.15) is 0 Å². The Morgan fingerprint density at radius 1 is 1.05 bits per heavy atom. The average molecular weight is 582 g/mol. The highest BCUT2D eigenvalue weighted by Crippen LogP contribution is 2.36. The van der Waals surface area contributed by atoms with E-state index in [1.807, 2.05) is 30.3 Å². The molecule has 3 aromatic rings. The molecule has 0 spiro atoms. The number of fused-ring (bicyclic) bond motifs is 2. The van der Waals surface area contributed by atoms with Gasteiger partial charge in [0.1, 0.15) is 5.69 Å². The average Bonchev–Trinajstić information content (AvgIpc) is 3.40. The number of para-hydroxylation sites is 1. The summed E-state index contributed by atoms with van der Waals surface area (Å²) < 4.78 is 5.18. The Bertz CT molecular complexity index is 1450. The zero-order valence-corrected chi connectivity index (χ0v) is 24.2. The number of hydrogen-bond acceptors (Lipinski definition) is 5. The minimum Gasteiger partial charge on any atom is -0.461 e. The molecule has 1 aromatic heterocycles. The number of ether oxygens (including phenoxy) is 1. The number of amides is 1. The molecule has 2 aromatic carbocycles. The summed E-state index contributed by atoms with van der Waals surface area (Å²) in [5.74, 6) is 0.798. The second-order valence-electron chi connectivity index (χ2n) is 10.1. The Kier molecular flexibility index (Phi) is 9.12. The number of aromatic amines is 1. The van der Waals surface area contributed by atoms with Crippen molar-refractivity contribution in [1.82, 2.24) is 9.88 Å². The first-order chi connectivity index (χ1) is 19.5. The summed E-state index contributed by atoms with van der Waals surface area (Å²) in [6, 6.07) is 12.8. The SMILES string of the molecule is C1CCC2=NCCCN2CC1.CCOC(=O)c1[nH]c2cc(Cl)cc(Cl)c2c1/C=C1\CCN(c2ccccc2)C1=O. The van der Waals surface area contributed by atoms with E-state index in [1.165, 1.54) is 51.0 Å². The van der Waals surface area contributed by atoms with Gasteiger partial charge >= 0.3 is 5.97 Å². The summed E-state index contributed by atoms with van der Waals surface area (Å²) in [6.45, 7) is 6.15. The van der Waals surface area contributed by atoms with Crippen molar-refractivity contribution < 1.29 is 14.3 Å².